The Balaban J connectivity index is 1.79. The van der Waals surface area contributed by atoms with E-state index in [1.807, 2.05) is 37.3 Å². The van der Waals surface area contributed by atoms with E-state index in [2.05, 4.69) is 43.0 Å². The molecule has 0 radical (unpaired) electrons. The summed E-state index contributed by atoms with van der Waals surface area (Å²) in [5.41, 5.74) is 3.18. The van der Waals surface area contributed by atoms with Crippen molar-refractivity contribution < 1.29 is 17.7 Å². The first kappa shape index (κ1) is 19.0. The zero-order valence-electron chi connectivity index (χ0n) is 16.3. The maximum absolute atomic E-state index is 11.1. The van der Waals surface area contributed by atoms with Crippen molar-refractivity contribution in [3.8, 4) is 5.75 Å². The first-order valence-corrected chi connectivity index (χ1v) is 11.0. The van der Waals surface area contributed by atoms with Crippen molar-refractivity contribution in [3.05, 3.63) is 65.2 Å². The minimum atomic E-state index is -4.25. The molecular formula is C22H24NO4S-. The summed E-state index contributed by atoms with van der Waals surface area (Å²) in [7, 11) is -4.25. The minimum Gasteiger partial charge on any atom is -0.748 e. The van der Waals surface area contributed by atoms with Crippen LogP contribution in [-0.4, -0.2) is 31.0 Å². The summed E-state index contributed by atoms with van der Waals surface area (Å²) in [6, 6.07) is 14.2. The lowest BCUT2D eigenvalue weighted by molar-refractivity contribution is 0.0535. The average molecular weight is 399 g/mol. The predicted octanol–water partition coefficient (Wildman–Crippen LogP) is 3.83. The number of benzene rings is 2. The van der Waals surface area contributed by atoms with Gasteiger partial charge in [-0.05, 0) is 63.1 Å². The number of para-hydroxylation sites is 1. The van der Waals surface area contributed by atoms with Gasteiger partial charge in [-0.15, -0.1) is 0 Å². The number of fused-ring (bicyclic) bond motifs is 2. The largest absolute Gasteiger partial charge is 0.748 e. The van der Waals surface area contributed by atoms with Gasteiger partial charge in [-0.3, -0.25) is 0 Å². The highest BCUT2D eigenvalue weighted by molar-refractivity contribution is 7.85. The van der Waals surface area contributed by atoms with E-state index < -0.39 is 15.8 Å². The number of hydrogen-bond donors (Lipinski definition) is 0. The van der Waals surface area contributed by atoms with Crippen LogP contribution in [-0.2, 0) is 15.5 Å². The van der Waals surface area contributed by atoms with Gasteiger partial charge in [-0.25, -0.2) is 8.42 Å². The highest BCUT2D eigenvalue weighted by Crippen LogP contribution is 2.54. The van der Waals surface area contributed by atoms with E-state index in [-0.39, 0.29) is 17.6 Å². The molecule has 1 atom stereocenters. The van der Waals surface area contributed by atoms with Gasteiger partial charge in [0.25, 0.3) is 0 Å². The van der Waals surface area contributed by atoms with E-state index in [1.54, 1.807) is 0 Å². The van der Waals surface area contributed by atoms with Gasteiger partial charge in [0.05, 0.1) is 15.5 Å². The molecule has 2 heterocycles. The first-order chi connectivity index (χ1) is 13.1. The summed E-state index contributed by atoms with van der Waals surface area (Å²) >= 11 is 0. The molecule has 2 aliphatic rings. The Kier molecular flexibility index (Phi) is 4.32. The first-order valence-electron chi connectivity index (χ1n) is 9.44. The van der Waals surface area contributed by atoms with E-state index >= 15 is 0 Å². The SMILES string of the molecule is Cc1ccc2c(c1)C=CC1(O2)N(CCCS(=O)(=O)[O-])c2ccccc2C1(C)C. The molecule has 0 fully saturated rings. The molecule has 1 unspecified atom stereocenters. The van der Waals surface area contributed by atoms with Gasteiger partial charge in [0, 0.05) is 23.5 Å². The van der Waals surface area contributed by atoms with E-state index in [9.17, 15) is 13.0 Å². The van der Waals surface area contributed by atoms with Crippen LogP contribution in [0, 0.1) is 6.92 Å². The second-order valence-corrected chi connectivity index (χ2v) is 9.61. The summed E-state index contributed by atoms with van der Waals surface area (Å²) in [4.78, 5) is 2.10. The summed E-state index contributed by atoms with van der Waals surface area (Å²) in [6.45, 7) is 6.73. The third kappa shape index (κ3) is 2.91. The highest BCUT2D eigenvalue weighted by atomic mass is 32.2. The van der Waals surface area contributed by atoms with Crippen LogP contribution < -0.4 is 9.64 Å². The summed E-state index contributed by atoms with van der Waals surface area (Å²) < 4.78 is 40.0. The maximum atomic E-state index is 11.1. The van der Waals surface area contributed by atoms with Crippen LogP contribution in [0.4, 0.5) is 5.69 Å². The van der Waals surface area contributed by atoms with Crippen molar-refractivity contribution >= 4 is 21.9 Å². The molecule has 2 aliphatic heterocycles. The lowest BCUT2D eigenvalue weighted by Gasteiger charge is -2.47. The van der Waals surface area contributed by atoms with Gasteiger partial charge >= 0.3 is 0 Å². The summed E-state index contributed by atoms with van der Waals surface area (Å²) in [5, 5.41) is 0. The molecule has 0 N–H and O–H groups in total. The Morgan fingerprint density at radius 2 is 1.89 bits per heavy atom. The van der Waals surface area contributed by atoms with E-state index in [1.165, 1.54) is 0 Å². The van der Waals surface area contributed by atoms with Crippen LogP contribution in [0.5, 0.6) is 5.75 Å². The lowest BCUT2D eigenvalue weighted by atomic mass is 9.76. The Bertz CT molecular complexity index is 1060. The second kappa shape index (κ2) is 6.36. The van der Waals surface area contributed by atoms with Crippen molar-refractivity contribution in [1.29, 1.82) is 0 Å². The number of nitrogens with zero attached hydrogens (tertiary/aromatic N) is 1. The molecule has 0 aromatic heterocycles. The number of hydrogen-bond acceptors (Lipinski definition) is 5. The van der Waals surface area contributed by atoms with Crippen molar-refractivity contribution in [1.82, 2.24) is 0 Å². The minimum absolute atomic E-state index is 0.246. The molecule has 5 nitrogen and oxygen atoms in total. The van der Waals surface area contributed by atoms with E-state index in [4.69, 9.17) is 4.74 Å². The van der Waals surface area contributed by atoms with Crippen molar-refractivity contribution in [2.45, 2.75) is 38.3 Å². The van der Waals surface area contributed by atoms with Crippen molar-refractivity contribution in [2.24, 2.45) is 0 Å². The zero-order valence-corrected chi connectivity index (χ0v) is 17.1. The molecule has 4 rings (SSSR count). The number of aryl methyl sites for hydroxylation is 1. The topological polar surface area (TPSA) is 69.7 Å². The summed E-state index contributed by atoms with van der Waals surface area (Å²) in [5.74, 6) is 0.414. The Hall–Kier alpha value is -2.31. The smallest absolute Gasteiger partial charge is 0.212 e. The average Bonchev–Trinajstić information content (AvgIpc) is 2.80. The third-order valence-electron chi connectivity index (χ3n) is 5.86. The van der Waals surface area contributed by atoms with Crippen molar-refractivity contribution in [2.75, 3.05) is 17.2 Å². The fourth-order valence-corrected chi connectivity index (χ4v) is 4.89. The number of anilines is 1. The fraction of sp³-hybridized carbons (Fsp3) is 0.364. The van der Waals surface area contributed by atoms with Gasteiger partial charge < -0.3 is 14.2 Å². The standard InChI is InChI=1S/C22H25NO4S/c1-16-9-10-20-17(15-16)11-12-22(27-20)21(2,3)18-7-4-5-8-19(18)23(22)13-6-14-28(24,25)26/h4-5,7-12,15H,6,13-14H2,1-3H3,(H,24,25,26)/p-1. The summed E-state index contributed by atoms with van der Waals surface area (Å²) in [6.07, 6.45) is 4.40. The lowest BCUT2D eigenvalue weighted by Crippen LogP contribution is -2.59. The molecule has 2 aromatic rings. The van der Waals surface area contributed by atoms with Gasteiger partial charge in [0.2, 0.25) is 5.72 Å². The van der Waals surface area contributed by atoms with Crippen LogP contribution in [0.3, 0.4) is 0 Å². The molecule has 0 bridgehead atoms. The van der Waals surface area contributed by atoms with Crippen LogP contribution in [0.1, 0.15) is 37.0 Å². The van der Waals surface area contributed by atoms with Gasteiger partial charge in [-0.1, -0.05) is 29.8 Å². The number of ether oxygens (including phenoxy) is 1. The van der Waals surface area contributed by atoms with Gasteiger partial charge in [0.1, 0.15) is 5.75 Å². The molecule has 0 saturated carbocycles. The maximum Gasteiger partial charge on any atom is 0.212 e. The normalized spacial score (nSPS) is 22.1. The predicted molar refractivity (Wildman–Crippen MR) is 110 cm³/mol. The molecule has 148 valence electrons. The van der Waals surface area contributed by atoms with Crippen LogP contribution in [0.25, 0.3) is 6.08 Å². The molecule has 2 aromatic carbocycles. The molecule has 0 saturated heterocycles. The molecule has 0 aliphatic carbocycles. The van der Waals surface area contributed by atoms with Gasteiger partial charge in [-0.2, -0.15) is 0 Å². The Morgan fingerprint density at radius 1 is 1.14 bits per heavy atom. The fourth-order valence-electron chi connectivity index (χ4n) is 4.41. The van der Waals surface area contributed by atoms with Crippen LogP contribution >= 0.6 is 0 Å². The molecule has 1 spiro atoms. The molecule has 28 heavy (non-hydrogen) atoms. The van der Waals surface area contributed by atoms with Gasteiger partial charge in [0.15, 0.2) is 0 Å². The molecule has 0 amide bonds. The molecule has 6 heteroatoms. The van der Waals surface area contributed by atoms with E-state index in [0.29, 0.717) is 6.54 Å². The van der Waals surface area contributed by atoms with Crippen molar-refractivity contribution in [3.63, 3.8) is 0 Å². The van der Waals surface area contributed by atoms with Crippen LogP contribution in [0.2, 0.25) is 0 Å². The second-order valence-electron chi connectivity index (χ2n) is 8.08. The Labute approximate surface area is 166 Å². The van der Waals surface area contributed by atoms with Crippen LogP contribution in [0.15, 0.2) is 48.5 Å². The third-order valence-corrected chi connectivity index (χ3v) is 6.65. The quantitative estimate of drug-likeness (QED) is 0.732. The monoisotopic (exact) mass is 398 g/mol. The Morgan fingerprint density at radius 3 is 2.64 bits per heavy atom. The zero-order chi connectivity index (χ0) is 20.2. The van der Waals surface area contributed by atoms with E-state index in [0.717, 1.165) is 28.1 Å². The number of rotatable bonds is 4. The highest BCUT2D eigenvalue weighted by Gasteiger charge is 2.58. The molecular weight excluding hydrogens is 374 g/mol.